The molecule has 4 nitrogen and oxygen atoms in total. The van der Waals surface area contributed by atoms with Gasteiger partial charge in [0.15, 0.2) is 0 Å². The van der Waals surface area contributed by atoms with E-state index in [1.165, 1.54) is 0 Å². The van der Waals surface area contributed by atoms with Crippen LogP contribution in [-0.2, 0) is 0 Å². The number of carbonyl (C=O) groups excluding carboxylic acids is 1. The van der Waals surface area contributed by atoms with E-state index in [2.05, 4.69) is 10.3 Å². The minimum absolute atomic E-state index is 0.202. The van der Waals surface area contributed by atoms with Gasteiger partial charge in [-0.05, 0) is 31.2 Å². The highest BCUT2D eigenvalue weighted by Crippen LogP contribution is 2.22. The lowest BCUT2D eigenvalue weighted by atomic mass is 10.1. The Hall–Kier alpha value is -2.07. The van der Waals surface area contributed by atoms with E-state index in [0.717, 1.165) is 5.69 Å². The third-order valence-corrected chi connectivity index (χ3v) is 3.11. The molecule has 0 aliphatic carbocycles. The number of hydrogen-bond donors (Lipinski definition) is 2. The second-order valence-corrected chi connectivity index (χ2v) is 4.56. The Labute approximate surface area is 116 Å². The summed E-state index contributed by atoms with van der Waals surface area (Å²) in [7, 11) is 0. The summed E-state index contributed by atoms with van der Waals surface area (Å²) in [5.74, 6) is -0.266. The predicted octanol–water partition coefficient (Wildman–Crippen LogP) is 2.81. The molecule has 98 valence electrons. The maximum Gasteiger partial charge on any atom is 0.253 e. The van der Waals surface area contributed by atoms with Gasteiger partial charge in [-0.25, -0.2) is 0 Å². The molecular weight excluding hydrogens is 262 g/mol. The molecule has 1 atom stereocenters. The molecule has 1 heterocycles. The van der Waals surface area contributed by atoms with Crippen LogP contribution < -0.4 is 11.1 Å². The highest BCUT2D eigenvalue weighted by molar-refractivity contribution is 6.33. The minimum Gasteiger partial charge on any atom is -0.397 e. The highest BCUT2D eigenvalue weighted by atomic mass is 35.5. The Balaban J connectivity index is 2.16. The summed E-state index contributed by atoms with van der Waals surface area (Å²) in [6, 6.07) is 10.3. The first kappa shape index (κ1) is 13.4. The lowest BCUT2D eigenvalue weighted by Crippen LogP contribution is -2.27. The molecule has 3 N–H and O–H groups in total. The number of pyridine rings is 1. The maximum absolute atomic E-state index is 12.1. The summed E-state index contributed by atoms with van der Waals surface area (Å²) in [4.78, 5) is 16.3. The fourth-order valence-electron chi connectivity index (χ4n) is 1.72. The SMILES string of the molecule is CC(NC(=O)c1cccc(Cl)c1N)c1ccccn1. The van der Waals surface area contributed by atoms with Crippen LogP contribution in [0.5, 0.6) is 0 Å². The number of anilines is 1. The fourth-order valence-corrected chi connectivity index (χ4v) is 1.89. The Morgan fingerprint density at radius 2 is 2.11 bits per heavy atom. The summed E-state index contributed by atoms with van der Waals surface area (Å²) in [6.07, 6.45) is 1.69. The van der Waals surface area contributed by atoms with Crippen LogP contribution in [0, 0.1) is 0 Å². The summed E-state index contributed by atoms with van der Waals surface area (Å²) < 4.78 is 0. The van der Waals surface area contributed by atoms with E-state index in [9.17, 15) is 4.79 Å². The van der Waals surface area contributed by atoms with E-state index < -0.39 is 0 Å². The van der Waals surface area contributed by atoms with Gasteiger partial charge in [0.05, 0.1) is 28.0 Å². The Kier molecular flexibility index (Phi) is 4.02. The molecule has 0 radical (unpaired) electrons. The lowest BCUT2D eigenvalue weighted by molar-refractivity contribution is 0.0940. The van der Waals surface area contributed by atoms with E-state index in [0.29, 0.717) is 10.6 Å². The van der Waals surface area contributed by atoms with Gasteiger partial charge in [-0.1, -0.05) is 23.7 Å². The van der Waals surface area contributed by atoms with Crippen molar-refractivity contribution >= 4 is 23.2 Å². The minimum atomic E-state index is -0.266. The largest absolute Gasteiger partial charge is 0.397 e. The summed E-state index contributed by atoms with van der Waals surface area (Å²) >= 11 is 5.89. The van der Waals surface area contributed by atoms with Crippen LogP contribution in [0.2, 0.25) is 5.02 Å². The number of nitrogens with zero attached hydrogens (tertiary/aromatic N) is 1. The number of para-hydroxylation sites is 1. The number of amides is 1. The summed E-state index contributed by atoms with van der Waals surface area (Å²) in [6.45, 7) is 1.86. The van der Waals surface area contributed by atoms with Crippen molar-refractivity contribution in [3.05, 3.63) is 58.9 Å². The number of nitrogens with one attached hydrogen (secondary N) is 1. The number of nitrogen functional groups attached to an aromatic ring is 1. The van der Waals surface area contributed by atoms with Crippen LogP contribution in [0.3, 0.4) is 0 Å². The van der Waals surface area contributed by atoms with Gasteiger partial charge in [0.2, 0.25) is 0 Å². The molecule has 1 aromatic carbocycles. The van der Waals surface area contributed by atoms with Crippen molar-refractivity contribution in [3.8, 4) is 0 Å². The molecule has 0 bridgehead atoms. The fraction of sp³-hybridized carbons (Fsp3) is 0.143. The number of hydrogen-bond acceptors (Lipinski definition) is 3. The van der Waals surface area contributed by atoms with Crippen molar-refractivity contribution in [1.82, 2.24) is 10.3 Å². The second-order valence-electron chi connectivity index (χ2n) is 4.15. The first-order valence-corrected chi connectivity index (χ1v) is 6.23. The zero-order valence-corrected chi connectivity index (χ0v) is 11.2. The van der Waals surface area contributed by atoms with Crippen molar-refractivity contribution in [2.45, 2.75) is 13.0 Å². The Morgan fingerprint density at radius 1 is 1.32 bits per heavy atom. The summed E-state index contributed by atoms with van der Waals surface area (Å²) in [5.41, 5.74) is 7.24. The van der Waals surface area contributed by atoms with E-state index in [1.807, 2.05) is 25.1 Å². The quantitative estimate of drug-likeness (QED) is 0.847. The molecular formula is C14H14ClN3O. The monoisotopic (exact) mass is 275 g/mol. The molecule has 1 amide bonds. The predicted molar refractivity (Wildman–Crippen MR) is 76.0 cm³/mol. The van der Waals surface area contributed by atoms with E-state index in [-0.39, 0.29) is 17.6 Å². The maximum atomic E-state index is 12.1. The Bertz CT molecular complexity index is 586. The molecule has 0 aliphatic rings. The first-order valence-electron chi connectivity index (χ1n) is 5.85. The van der Waals surface area contributed by atoms with Crippen LogP contribution in [0.15, 0.2) is 42.6 Å². The number of benzene rings is 1. The molecule has 0 saturated heterocycles. The van der Waals surface area contributed by atoms with Gasteiger partial charge in [0.1, 0.15) is 0 Å². The molecule has 1 unspecified atom stereocenters. The molecule has 0 spiro atoms. The van der Waals surface area contributed by atoms with Crippen LogP contribution in [0.1, 0.15) is 29.0 Å². The number of nitrogens with two attached hydrogens (primary N) is 1. The normalized spacial score (nSPS) is 11.9. The Morgan fingerprint density at radius 3 is 2.79 bits per heavy atom. The van der Waals surface area contributed by atoms with Crippen molar-refractivity contribution in [2.75, 3.05) is 5.73 Å². The average molecular weight is 276 g/mol. The van der Waals surface area contributed by atoms with Gasteiger partial charge in [0, 0.05) is 6.20 Å². The van der Waals surface area contributed by atoms with Gasteiger partial charge in [-0.3, -0.25) is 9.78 Å². The lowest BCUT2D eigenvalue weighted by Gasteiger charge is -2.14. The summed E-state index contributed by atoms with van der Waals surface area (Å²) in [5, 5.41) is 3.21. The third-order valence-electron chi connectivity index (χ3n) is 2.78. The van der Waals surface area contributed by atoms with Crippen LogP contribution >= 0.6 is 11.6 Å². The van der Waals surface area contributed by atoms with Crippen molar-refractivity contribution in [2.24, 2.45) is 0 Å². The number of halogens is 1. The zero-order chi connectivity index (χ0) is 13.8. The van der Waals surface area contributed by atoms with Crippen LogP contribution in [0.4, 0.5) is 5.69 Å². The van der Waals surface area contributed by atoms with Gasteiger partial charge in [-0.2, -0.15) is 0 Å². The molecule has 0 fully saturated rings. The molecule has 1 aromatic heterocycles. The van der Waals surface area contributed by atoms with Crippen molar-refractivity contribution in [1.29, 1.82) is 0 Å². The van der Waals surface area contributed by atoms with E-state index >= 15 is 0 Å². The number of carbonyl (C=O) groups is 1. The van der Waals surface area contributed by atoms with Gasteiger partial charge in [0.25, 0.3) is 5.91 Å². The molecule has 2 aromatic rings. The van der Waals surface area contributed by atoms with Crippen LogP contribution in [-0.4, -0.2) is 10.9 Å². The molecule has 0 saturated carbocycles. The molecule has 2 rings (SSSR count). The molecule has 5 heteroatoms. The van der Waals surface area contributed by atoms with Crippen molar-refractivity contribution < 1.29 is 4.79 Å². The standard InChI is InChI=1S/C14H14ClN3O/c1-9(12-7-2-3-8-17-12)18-14(19)10-5-4-6-11(15)13(10)16/h2-9H,16H2,1H3,(H,18,19). The van der Waals surface area contributed by atoms with E-state index in [1.54, 1.807) is 24.4 Å². The molecule has 19 heavy (non-hydrogen) atoms. The van der Waals surface area contributed by atoms with Gasteiger partial charge >= 0.3 is 0 Å². The smallest absolute Gasteiger partial charge is 0.253 e. The van der Waals surface area contributed by atoms with E-state index in [4.69, 9.17) is 17.3 Å². The second kappa shape index (κ2) is 5.71. The zero-order valence-electron chi connectivity index (χ0n) is 10.4. The van der Waals surface area contributed by atoms with Gasteiger partial charge < -0.3 is 11.1 Å². The molecule has 0 aliphatic heterocycles. The topological polar surface area (TPSA) is 68.0 Å². The first-order chi connectivity index (χ1) is 9.09. The average Bonchev–Trinajstić information content (AvgIpc) is 2.42. The van der Waals surface area contributed by atoms with Crippen LogP contribution in [0.25, 0.3) is 0 Å². The highest BCUT2D eigenvalue weighted by Gasteiger charge is 2.15. The van der Waals surface area contributed by atoms with Crippen molar-refractivity contribution in [3.63, 3.8) is 0 Å². The number of rotatable bonds is 3. The van der Waals surface area contributed by atoms with Gasteiger partial charge in [-0.15, -0.1) is 0 Å². The third kappa shape index (κ3) is 3.03. The number of aromatic nitrogens is 1.